The molecule has 0 saturated carbocycles. The maximum atomic E-state index is 13.0. The Kier molecular flexibility index (Phi) is 4.94. The van der Waals surface area contributed by atoms with Crippen LogP contribution >= 0.6 is 11.6 Å². The summed E-state index contributed by atoms with van der Waals surface area (Å²) in [6.07, 6.45) is 0. The average Bonchev–Trinajstić information content (AvgIpc) is 2.29. The lowest BCUT2D eigenvalue weighted by Crippen LogP contribution is -2.50. The highest BCUT2D eigenvalue weighted by Gasteiger charge is 2.32. The van der Waals surface area contributed by atoms with Gasteiger partial charge >= 0.3 is 12.0 Å². The van der Waals surface area contributed by atoms with E-state index in [-0.39, 0.29) is 10.7 Å². The summed E-state index contributed by atoms with van der Waals surface area (Å²) in [5, 5.41) is 13.7. The van der Waals surface area contributed by atoms with Crippen molar-refractivity contribution >= 4 is 29.3 Å². The third-order valence-corrected chi connectivity index (χ3v) is 2.86. The summed E-state index contributed by atoms with van der Waals surface area (Å²) in [6, 6.07) is 1.92. The number of benzene rings is 1. The molecule has 110 valence electrons. The molecule has 0 heterocycles. The zero-order valence-corrected chi connectivity index (χ0v) is 12.1. The molecule has 20 heavy (non-hydrogen) atoms. The van der Waals surface area contributed by atoms with Crippen LogP contribution in [0.2, 0.25) is 5.02 Å². The number of carboxylic acid groups (broad SMARTS) is 1. The number of amides is 2. The maximum absolute atomic E-state index is 13.0. The van der Waals surface area contributed by atoms with Gasteiger partial charge in [-0.2, -0.15) is 0 Å². The van der Waals surface area contributed by atoms with E-state index in [2.05, 4.69) is 10.6 Å². The number of anilines is 1. The Morgan fingerprint density at radius 3 is 2.40 bits per heavy atom. The molecule has 0 aromatic heterocycles. The fourth-order valence-corrected chi connectivity index (χ4v) is 1.70. The van der Waals surface area contributed by atoms with Crippen molar-refractivity contribution in [1.82, 2.24) is 5.32 Å². The molecule has 1 rings (SSSR count). The highest BCUT2D eigenvalue weighted by molar-refractivity contribution is 6.31. The molecule has 0 aliphatic carbocycles. The van der Waals surface area contributed by atoms with E-state index in [0.717, 1.165) is 6.07 Å². The number of urea groups is 1. The zero-order chi connectivity index (χ0) is 15.5. The van der Waals surface area contributed by atoms with Crippen LogP contribution in [-0.2, 0) is 4.79 Å². The molecule has 0 bridgehead atoms. The fraction of sp³-hybridized carbons (Fsp3) is 0.385. The first-order valence-electron chi connectivity index (χ1n) is 5.86. The van der Waals surface area contributed by atoms with Crippen LogP contribution < -0.4 is 10.6 Å². The van der Waals surface area contributed by atoms with Gasteiger partial charge in [-0.1, -0.05) is 32.4 Å². The van der Waals surface area contributed by atoms with Gasteiger partial charge in [-0.15, -0.1) is 0 Å². The average molecular weight is 303 g/mol. The second-order valence-electron chi connectivity index (χ2n) is 5.36. The number of halogens is 2. The molecule has 3 N–H and O–H groups in total. The monoisotopic (exact) mass is 302 g/mol. The van der Waals surface area contributed by atoms with Gasteiger partial charge in [0.2, 0.25) is 0 Å². The van der Waals surface area contributed by atoms with Crippen LogP contribution in [0.1, 0.15) is 20.8 Å². The number of nitrogens with one attached hydrogen (secondary N) is 2. The topological polar surface area (TPSA) is 78.4 Å². The smallest absolute Gasteiger partial charge is 0.326 e. The second-order valence-corrected chi connectivity index (χ2v) is 5.77. The van der Waals surface area contributed by atoms with E-state index in [1.54, 1.807) is 20.8 Å². The Morgan fingerprint density at radius 1 is 1.35 bits per heavy atom. The molecule has 0 aliphatic rings. The zero-order valence-electron chi connectivity index (χ0n) is 11.3. The van der Waals surface area contributed by atoms with E-state index < -0.39 is 29.3 Å². The molecule has 2 amide bonds. The van der Waals surface area contributed by atoms with E-state index in [9.17, 15) is 14.0 Å². The van der Waals surface area contributed by atoms with E-state index in [1.807, 2.05) is 0 Å². The quantitative estimate of drug-likeness (QED) is 0.803. The van der Waals surface area contributed by atoms with Crippen molar-refractivity contribution in [3.05, 3.63) is 29.0 Å². The maximum Gasteiger partial charge on any atom is 0.326 e. The van der Waals surface area contributed by atoms with Gasteiger partial charge in [0.05, 0.1) is 5.02 Å². The summed E-state index contributed by atoms with van der Waals surface area (Å²) in [4.78, 5) is 22.9. The molecule has 0 unspecified atom stereocenters. The molecule has 1 aromatic rings. The lowest BCUT2D eigenvalue weighted by Gasteiger charge is -2.27. The number of hydrogen-bond donors (Lipinski definition) is 3. The van der Waals surface area contributed by atoms with Crippen molar-refractivity contribution in [3.8, 4) is 0 Å². The summed E-state index contributed by atoms with van der Waals surface area (Å²) in [5.41, 5.74) is -0.379. The molecule has 0 radical (unpaired) electrons. The number of carbonyl (C=O) groups excluding carboxylic acids is 1. The van der Waals surface area contributed by atoms with Gasteiger partial charge in [-0.3, -0.25) is 0 Å². The SMILES string of the molecule is CC(C)(C)[C@@H](NC(=O)Nc1ccc(F)c(Cl)c1)C(=O)O. The van der Waals surface area contributed by atoms with Crippen LogP contribution in [0.3, 0.4) is 0 Å². The third kappa shape index (κ3) is 4.38. The van der Waals surface area contributed by atoms with Crippen molar-refractivity contribution in [3.63, 3.8) is 0 Å². The van der Waals surface area contributed by atoms with Crippen LogP contribution in [0.5, 0.6) is 0 Å². The molecule has 1 aromatic carbocycles. The van der Waals surface area contributed by atoms with Crippen LogP contribution in [-0.4, -0.2) is 23.1 Å². The van der Waals surface area contributed by atoms with Crippen LogP contribution in [0.25, 0.3) is 0 Å². The largest absolute Gasteiger partial charge is 0.480 e. The van der Waals surface area contributed by atoms with Gasteiger partial charge in [0.1, 0.15) is 11.9 Å². The Labute approximate surface area is 121 Å². The number of hydrogen-bond acceptors (Lipinski definition) is 2. The predicted octanol–water partition coefficient (Wildman–Crippen LogP) is 3.10. The standard InChI is InChI=1S/C13H16ClFN2O3/c1-13(2,3)10(11(18)19)17-12(20)16-7-4-5-9(15)8(14)6-7/h4-6,10H,1-3H3,(H,18,19)(H2,16,17,20)/t10-/m0/s1. The van der Waals surface area contributed by atoms with E-state index in [1.165, 1.54) is 12.1 Å². The lowest BCUT2D eigenvalue weighted by atomic mass is 9.87. The molecule has 0 spiro atoms. The van der Waals surface area contributed by atoms with Crippen molar-refractivity contribution in [2.75, 3.05) is 5.32 Å². The molecule has 1 atom stereocenters. The Morgan fingerprint density at radius 2 is 1.95 bits per heavy atom. The van der Waals surface area contributed by atoms with Gasteiger partial charge in [0, 0.05) is 5.69 Å². The van der Waals surface area contributed by atoms with Gasteiger partial charge in [0.25, 0.3) is 0 Å². The molecule has 7 heteroatoms. The molecule has 0 fully saturated rings. The Balaban J connectivity index is 2.76. The fourth-order valence-electron chi connectivity index (χ4n) is 1.52. The summed E-state index contributed by atoms with van der Waals surface area (Å²) in [7, 11) is 0. The first kappa shape index (κ1) is 16.2. The summed E-state index contributed by atoms with van der Waals surface area (Å²) < 4.78 is 13.0. The third-order valence-electron chi connectivity index (χ3n) is 2.57. The van der Waals surface area contributed by atoms with Gasteiger partial charge in [0.15, 0.2) is 0 Å². The second kappa shape index (κ2) is 6.09. The molecule has 0 aliphatic heterocycles. The predicted molar refractivity (Wildman–Crippen MR) is 74.4 cm³/mol. The van der Waals surface area contributed by atoms with Crippen LogP contribution in [0, 0.1) is 11.2 Å². The molecular weight excluding hydrogens is 287 g/mol. The number of aliphatic carboxylic acids is 1. The first-order valence-corrected chi connectivity index (χ1v) is 6.24. The van der Waals surface area contributed by atoms with E-state index in [0.29, 0.717) is 0 Å². The van der Waals surface area contributed by atoms with E-state index >= 15 is 0 Å². The normalized spacial score (nSPS) is 12.7. The van der Waals surface area contributed by atoms with Crippen molar-refractivity contribution in [2.24, 2.45) is 5.41 Å². The van der Waals surface area contributed by atoms with Crippen molar-refractivity contribution < 1.29 is 19.1 Å². The highest BCUT2D eigenvalue weighted by Crippen LogP contribution is 2.21. The summed E-state index contributed by atoms with van der Waals surface area (Å²) in [5.74, 6) is -1.74. The lowest BCUT2D eigenvalue weighted by molar-refractivity contribution is -0.141. The highest BCUT2D eigenvalue weighted by atomic mass is 35.5. The van der Waals surface area contributed by atoms with Gasteiger partial charge < -0.3 is 15.7 Å². The van der Waals surface area contributed by atoms with Gasteiger partial charge in [-0.25, -0.2) is 14.0 Å². The number of carboxylic acids is 1. The Bertz CT molecular complexity index is 529. The summed E-state index contributed by atoms with van der Waals surface area (Å²) >= 11 is 5.59. The van der Waals surface area contributed by atoms with Gasteiger partial charge in [-0.05, 0) is 23.6 Å². The minimum absolute atomic E-state index is 0.131. The van der Waals surface area contributed by atoms with Crippen LogP contribution in [0.15, 0.2) is 18.2 Å². The van der Waals surface area contributed by atoms with Crippen LogP contribution in [0.4, 0.5) is 14.9 Å². The minimum atomic E-state index is -1.13. The molecular formula is C13H16ClFN2O3. The molecule has 0 saturated heterocycles. The first-order chi connectivity index (χ1) is 9.11. The van der Waals surface area contributed by atoms with E-state index in [4.69, 9.17) is 16.7 Å². The van der Waals surface area contributed by atoms with Crippen molar-refractivity contribution in [1.29, 1.82) is 0 Å². The molecule has 5 nitrogen and oxygen atoms in total. The minimum Gasteiger partial charge on any atom is -0.480 e. The number of rotatable bonds is 3. The number of carbonyl (C=O) groups is 2. The van der Waals surface area contributed by atoms with Crippen molar-refractivity contribution in [2.45, 2.75) is 26.8 Å². The summed E-state index contributed by atoms with van der Waals surface area (Å²) in [6.45, 7) is 5.09. The Hall–Kier alpha value is -1.82.